The summed E-state index contributed by atoms with van der Waals surface area (Å²) in [5.41, 5.74) is 0.705. The third kappa shape index (κ3) is 2.47. The predicted octanol–water partition coefficient (Wildman–Crippen LogP) is 3.05. The zero-order valence-electron chi connectivity index (χ0n) is 9.95. The van der Waals surface area contributed by atoms with Gasteiger partial charge in [0.2, 0.25) is 0 Å². The number of aromatic nitrogens is 2. The molecule has 1 aromatic rings. The highest BCUT2D eigenvalue weighted by Gasteiger charge is 2.39. The van der Waals surface area contributed by atoms with Gasteiger partial charge in [0.1, 0.15) is 6.54 Å². The van der Waals surface area contributed by atoms with E-state index in [4.69, 9.17) is 0 Å². The highest BCUT2D eigenvalue weighted by Crippen LogP contribution is 2.45. The molecule has 0 saturated heterocycles. The number of alkyl halides is 3. The van der Waals surface area contributed by atoms with E-state index in [2.05, 4.69) is 10.4 Å². The van der Waals surface area contributed by atoms with Crippen molar-refractivity contribution >= 4 is 5.69 Å². The molecule has 1 aromatic heterocycles. The molecule has 2 fully saturated rings. The van der Waals surface area contributed by atoms with E-state index in [1.54, 1.807) is 0 Å². The van der Waals surface area contributed by atoms with Crippen LogP contribution in [0.2, 0.25) is 0 Å². The number of rotatable bonds is 3. The summed E-state index contributed by atoms with van der Waals surface area (Å²) in [6.07, 6.45) is 3.70. The summed E-state index contributed by atoms with van der Waals surface area (Å²) in [5, 5.41) is 7.07. The second-order valence-electron chi connectivity index (χ2n) is 5.47. The van der Waals surface area contributed by atoms with E-state index >= 15 is 0 Å². The average Bonchev–Trinajstić information content (AvgIpc) is 2.92. The van der Waals surface area contributed by atoms with Crippen molar-refractivity contribution in [2.24, 2.45) is 11.8 Å². The first-order valence-electron chi connectivity index (χ1n) is 6.35. The topological polar surface area (TPSA) is 29.9 Å². The minimum atomic E-state index is -4.21. The van der Waals surface area contributed by atoms with Gasteiger partial charge in [0.05, 0.1) is 11.9 Å². The molecule has 2 saturated carbocycles. The summed E-state index contributed by atoms with van der Waals surface area (Å²) in [5.74, 6) is 1.51. The smallest absolute Gasteiger partial charge is 0.379 e. The minimum Gasteiger partial charge on any atom is -0.379 e. The Bertz CT molecular complexity index is 426. The average molecular weight is 259 g/mol. The van der Waals surface area contributed by atoms with Crippen molar-refractivity contribution in [1.82, 2.24) is 9.78 Å². The molecule has 0 aromatic carbocycles. The van der Waals surface area contributed by atoms with Gasteiger partial charge in [0.25, 0.3) is 0 Å². The summed E-state index contributed by atoms with van der Waals surface area (Å²) in [6.45, 7) is -1.02. The third-order valence-corrected chi connectivity index (χ3v) is 4.06. The first kappa shape index (κ1) is 11.9. The largest absolute Gasteiger partial charge is 0.408 e. The van der Waals surface area contributed by atoms with Crippen molar-refractivity contribution in [1.29, 1.82) is 0 Å². The summed E-state index contributed by atoms with van der Waals surface area (Å²) in [6, 6.07) is 0.423. The number of hydrogen-bond donors (Lipinski definition) is 1. The van der Waals surface area contributed by atoms with E-state index in [9.17, 15) is 13.2 Å². The van der Waals surface area contributed by atoms with Gasteiger partial charge in [0, 0.05) is 12.2 Å². The zero-order valence-corrected chi connectivity index (χ0v) is 9.95. The van der Waals surface area contributed by atoms with Crippen LogP contribution in [-0.4, -0.2) is 22.0 Å². The molecule has 3 nitrogen and oxygen atoms in total. The number of hydrogen-bond acceptors (Lipinski definition) is 2. The first-order valence-corrected chi connectivity index (χ1v) is 6.35. The van der Waals surface area contributed by atoms with Crippen LogP contribution in [0.25, 0.3) is 0 Å². The molecule has 1 heterocycles. The lowest BCUT2D eigenvalue weighted by Gasteiger charge is -2.22. The van der Waals surface area contributed by atoms with Crippen molar-refractivity contribution in [3.8, 4) is 0 Å². The molecule has 0 aliphatic heterocycles. The molecule has 1 N–H and O–H groups in total. The van der Waals surface area contributed by atoms with Gasteiger partial charge < -0.3 is 5.32 Å². The number of nitrogens with zero attached hydrogens (tertiary/aromatic N) is 2. The second-order valence-corrected chi connectivity index (χ2v) is 5.47. The summed E-state index contributed by atoms with van der Waals surface area (Å²) in [4.78, 5) is 0. The lowest BCUT2D eigenvalue weighted by Crippen LogP contribution is -2.25. The monoisotopic (exact) mass is 259 g/mol. The maximum atomic E-state index is 12.2. The quantitative estimate of drug-likeness (QED) is 0.904. The Morgan fingerprint density at radius 1 is 1.33 bits per heavy atom. The van der Waals surface area contributed by atoms with Crippen molar-refractivity contribution in [3.05, 3.63) is 12.4 Å². The van der Waals surface area contributed by atoms with E-state index in [1.165, 1.54) is 31.7 Å². The fourth-order valence-electron chi connectivity index (χ4n) is 3.34. The molecular weight excluding hydrogens is 243 g/mol. The van der Waals surface area contributed by atoms with E-state index < -0.39 is 12.7 Å². The molecule has 3 rings (SSSR count). The molecule has 0 radical (unpaired) electrons. The van der Waals surface area contributed by atoms with E-state index in [-0.39, 0.29) is 0 Å². The van der Waals surface area contributed by atoms with Crippen LogP contribution >= 0.6 is 0 Å². The number of anilines is 1. The standard InChI is InChI=1S/C12H16F3N3/c13-12(14,15)7-18-6-10(5-16-18)17-11-4-8-1-2-9(11)3-8/h5-6,8-9,11,17H,1-4,7H2. The van der Waals surface area contributed by atoms with Gasteiger partial charge in [-0.1, -0.05) is 6.42 Å². The van der Waals surface area contributed by atoms with E-state index in [0.717, 1.165) is 17.0 Å². The molecule has 6 heteroatoms. The van der Waals surface area contributed by atoms with Crippen LogP contribution in [-0.2, 0) is 6.54 Å². The predicted molar refractivity (Wildman–Crippen MR) is 61.1 cm³/mol. The SMILES string of the molecule is FC(F)(F)Cn1cc(NC2CC3CCC2C3)cn1. The van der Waals surface area contributed by atoms with Gasteiger partial charge in [0.15, 0.2) is 0 Å². The number of halogens is 3. The molecule has 2 aliphatic carbocycles. The Morgan fingerprint density at radius 3 is 2.78 bits per heavy atom. The number of nitrogens with one attached hydrogen (secondary N) is 1. The Kier molecular flexibility index (Phi) is 2.75. The van der Waals surface area contributed by atoms with Gasteiger partial charge in [-0.15, -0.1) is 0 Å². The van der Waals surface area contributed by atoms with Crippen molar-refractivity contribution in [2.75, 3.05) is 5.32 Å². The minimum absolute atomic E-state index is 0.423. The van der Waals surface area contributed by atoms with Crippen LogP contribution in [0.15, 0.2) is 12.4 Å². The van der Waals surface area contributed by atoms with E-state index in [0.29, 0.717) is 17.6 Å². The zero-order chi connectivity index (χ0) is 12.8. The van der Waals surface area contributed by atoms with Gasteiger partial charge in [-0.25, -0.2) is 0 Å². The molecule has 2 bridgehead atoms. The van der Waals surface area contributed by atoms with Crippen molar-refractivity contribution < 1.29 is 13.2 Å². The molecular formula is C12H16F3N3. The van der Waals surface area contributed by atoms with Gasteiger partial charge >= 0.3 is 6.18 Å². The summed E-state index contributed by atoms with van der Waals surface area (Å²) < 4.78 is 37.5. The van der Waals surface area contributed by atoms with Gasteiger partial charge in [-0.3, -0.25) is 4.68 Å². The number of fused-ring (bicyclic) bond motifs is 2. The first-order chi connectivity index (χ1) is 8.49. The maximum absolute atomic E-state index is 12.2. The van der Waals surface area contributed by atoms with E-state index in [1.807, 2.05) is 0 Å². The Balaban J connectivity index is 1.60. The maximum Gasteiger partial charge on any atom is 0.408 e. The van der Waals surface area contributed by atoms with Gasteiger partial charge in [-0.05, 0) is 31.1 Å². The van der Waals surface area contributed by atoms with Crippen LogP contribution in [0, 0.1) is 11.8 Å². The summed E-state index contributed by atoms with van der Waals surface area (Å²) >= 11 is 0. The molecule has 18 heavy (non-hydrogen) atoms. The van der Waals surface area contributed by atoms with Crippen LogP contribution in [0.4, 0.5) is 18.9 Å². The van der Waals surface area contributed by atoms with Crippen molar-refractivity contribution in [2.45, 2.75) is 44.4 Å². The highest BCUT2D eigenvalue weighted by molar-refractivity contribution is 5.40. The molecule has 2 aliphatic rings. The Hall–Kier alpha value is -1.20. The Labute approximate surface area is 103 Å². The van der Waals surface area contributed by atoms with Crippen LogP contribution in [0.5, 0.6) is 0 Å². The molecule has 0 amide bonds. The third-order valence-electron chi connectivity index (χ3n) is 4.06. The lowest BCUT2D eigenvalue weighted by molar-refractivity contribution is -0.142. The Morgan fingerprint density at radius 2 is 2.17 bits per heavy atom. The molecule has 100 valence electrons. The van der Waals surface area contributed by atoms with Crippen LogP contribution in [0.1, 0.15) is 25.7 Å². The molecule has 3 unspecified atom stereocenters. The van der Waals surface area contributed by atoms with Crippen molar-refractivity contribution in [3.63, 3.8) is 0 Å². The van der Waals surface area contributed by atoms with Gasteiger partial charge in [-0.2, -0.15) is 18.3 Å². The fourth-order valence-corrected chi connectivity index (χ4v) is 3.34. The van der Waals surface area contributed by atoms with Crippen LogP contribution in [0.3, 0.4) is 0 Å². The lowest BCUT2D eigenvalue weighted by atomic mass is 9.95. The van der Waals surface area contributed by atoms with Crippen LogP contribution < -0.4 is 5.32 Å². The summed E-state index contributed by atoms with van der Waals surface area (Å²) in [7, 11) is 0. The second kappa shape index (κ2) is 4.17. The normalized spacial score (nSPS) is 30.9. The molecule has 0 spiro atoms. The fraction of sp³-hybridized carbons (Fsp3) is 0.750. The highest BCUT2D eigenvalue weighted by atomic mass is 19.4. The molecule has 3 atom stereocenters.